The standard InChI is InChI=1S/C15H24ClNO/c1-3-5-6-12(4-2)10-17-11-13-9-14(16)7-8-15(13)18/h7-9,12,17-18H,3-6,10-11H2,1-2H3. The van der Waals surface area contributed by atoms with Gasteiger partial charge in [0.1, 0.15) is 5.75 Å². The van der Waals surface area contributed by atoms with Crippen LogP contribution in [-0.4, -0.2) is 11.7 Å². The van der Waals surface area contributed by atoms with Crippen molar-refractivity contribution >= 4 is 11.6 Å². The molecule has 102 valence electrons. The highest BCUT2D eigenvalue weighted by Gasteiger charge is 2.06. The Morgan fingerprint density at radius 3 is 2.78 bits per heavy atom. The van der Waals surface area contributed by atoms with Crippen molar-refractivity contribution in [3.05, 3.63) is 28.8 Å². The summed E-state index contributed by atoms with van der Waals surface area (Å²) < 4.78 is 0. The fourth-order valence-electron chi connectivity index (χ4n) is 2.05. The second-order valence-corrected chi connectivity index (χ2v) is 5.26. The van der Waals surface area contributed by atoms with E-state index in [-0.39, 0.29) is 0 Å². The van der Waals surface area contributed by atoms with Gasteiger partial charge in [0.2, 0.25) is 0 Å². The van der Waals surface area contributed by atoms with Crippen molar-refractivity contribution in [2.24, 2.45) is 5.92 Å². The second-order valence-electron chi connectivity index (χ2n) is 4.82. The molecule has 0 aromatic heterocycles. The molecule has 0 spiro atoms. The van der Waals surface area contributed by atoms with Crippen molar-refractivity contribution < 1.29 is 5.11 Å². The minimum absolute atomic E-state index is 0.313. The monoisotopic (exact) mass is 269 g/mol. The SMILES string of the molecule is CCCCC(CC)CNCc1cc(Cl)ccc1O. The predicted molar refractivity (Wildman–Crippen MR) is 78.1 cm³/mol. The van der Waals surface area contributed by atoms with Gasteiger partial charge in [-0.05, 0) is 37.1 Å². The Morgan fingerprint density at radius 1 is 1.33 bits per heavy atom. The molecule has 1 unspecified atom stereocenters. The molecule has 0 saturated heterocycles. The lowest BCUT2D eigenvalue weighted by Crippen LogP contribution is -2.22. The molecule has 0 aliphatic rings. The zero-order chi connectivity index (χ0) is 13.4. The van der Waals surface area contributed by atoms with Crippen molar-refractivity contribution in [3.8, 4) is 5.75 Å². The Kier molecular flexibility index (Phi) is 7.14. The zero-order valence-corrected chi connectivity index (χ0v) is 12.1. The second kappa shape index (κ2) is 8.39. The highest BCUT2D eigenvalue weighted by molar-refractivity contribution is 6.30. The van der Waals surface area contributed by atoms with Gasteiger partial charge in [-0.2, -0.15) is 0 Å². The quantitative estimate of drug-likeness (QED) is 0.735. The lowest BCUT2D eigenvalue weighted by Gasteiger charge is -2.15. The molecule has 1 atom stereocenters. The Morgan fingerprint density at radius 2 is 2.11 bits per heavy atom. The summed E-state index contributed by atoms with van der Waals surface area (Å²) in [5, 5.41) is 13.8. The van der Waals surface area contributed by atoms with Crippen molar-refractivity contribution in [1.82, 2.24) is 5.32 Å². The topological polar surface area (TPSA) is 32.3 Å². The molecule has 18 heavy (non-hydrogen) atoms. The Balaban J connectivity index is 2.37. The Bertz CT molecular complexity index is 354. The number of aromatic hydroxyl groups is 1. The van der Waals surface area contributed by atoms with Gasteiger partial charge in [0.25, 0.3) is 0 Å². The highest BCUT2D eigenvalue weighted by atomic mass is 35.5. The van der Waals surface area contributed by atoms with Gasteiger partial charge in [-0.25, -0.2) is 0 Å². The van der Waals surface area contributed by atoms with Crippen LogP contribution in [0.15, 0.2) is 18.2 Å². The van der Waals surface area contributed by atoms with Gasteiger partial charge in [-0.1, -0.05) is 44.7 Å². The number of unbranched alkanes of at least 4 members (excludes halogenated alkanes) is 1. The van der Waals surface area contributed by atoms with E-state index in [9.17, 15) is 5.11 Å². The number of phenolic OH excluding ortho intramolecular Hbond substituents is 1. The first-order chi connectivity index (χ1) is 8.67. The van der Waals surface area contributed by atoms with Crippen molar-refractivity contribution in [2.45, 2.75) is 46.1 Å². The van der Waals surface area contributed by atoms with Crippen LogP contribution >= 0.6 is 11.6 Å². The number of hydrogen-bond donors (Lipinski definition) is 2. The number of benzene rings is 1. The number of halogens is 1. The molecule has 0 saturated carbocycles. The summed E-state index contributed by atoms with van der Waals surface area (Å²) in [6, 6.07) is 5.17. The van der Waals surface area contributed by atoms with E-state index in [4.69, 9.17) is 11.6 Å². The van der Waals surface area contributed by atoms with E-state index in [0.29, 0.717) is 17.3 Å². The maximum absolute atomic E-state index is 9.70. The number of hydrogen-bond acceptors (Lipinski definition) is 2. The van der Waals surface area contributed by atoms with E-state index in [1.165, 1.54) is 25.7 Å². The van der Waals surface area contributed by atoms with Crippen molar-refractivity contribution in [3.63, 3.8) is 0 Å². The molecule has 3 heteroatoms. The summed E-state index contributed by atoms with van der Waals surface area (Å²) in [6.07, 6.45) is 5.03. The zero-order valence-electron chi connectivity index (χ0n) is 11.4. The largest absolute Gasteiger partial charge is 0.508 e. The van der Waals surface area contributed by atoms with Crippen LogP contribution in [-0.2, 0) is 6.54 Å². The van der Waals surface area contributed by atoms with E-state index in [0.717, 1.165) is 18.0 Å². The third kappa shape index (κ3) is 5.28. The molecule has 2 N–H and O–H groups in total. The van der Waals surface area contributed by atoms with Crippen molar-refractivity contribution in [2.75, 3.05) is 6.54 Å². The smallest absolute Gasteiger partial charge is 0.120 e. The minimum Gasteiger partial charge on any atom is -0.508 e. The highest BCUT2D eigenvalue weighted by Crippen LogP contribution is 2.21. The third-order valence-electron chi connectivity index (χ3n) is 3.33. The van der Waals surface area contributed by atoms with Crippen LogP contribution in [0, 0.1) is 5.92 Å². The summed E-state index contributed by atoms with van der Waals surface area (Å²) in [5.41, 5.74) is 0.868. The van der Waals surface area contributed by atoms with Crippen LogP contribution in [0.3, 0.4) is 0 Å². The molecular formula is C15H24ClNO. The first kappa shape index (κ1) is 15.3. The lowest BCUT2D eigenvalue weighted by molar-refractivity contribution is 0.414. The maximum Gasteiger partial charge on any atom is 0.120 e. The fourth-order valence-corrected chi connectivity index (χ4v) is 2.24. The van der Waals surface area contributed by atoms with Crippen LogP contribution in [0.4, 0.5) is 0 Å². The van der Waals surface area contributed by atoms with E-state index in [2.05, 4.69) is 19.2 Å². The first-order valence-electron chi connectivity index (χ1n) is 6.85. The summed E-state index contributed by atoms with van der Waals surface area (Å²) >= 11 is 5.92. The van der Waals surface area contributed by atoms with Gasteiger partial charge < -0.3 is 10.4 Å². The Hall–Kier alpha value is -0.730. The van der Waals surface area contributed by atoms with Gasteiger partial charge in [0, 0.05) is 17.1 Å². The van der Waals surface area contributed by atoms with E-state index in [1.54, 1.807) is 12.1 Å². The van der Waals surface area contributed by atoms with Gasteiger partial charge in [-0.15, -0.1) is 0 Å². The third-order valence-corrected chi connectivity index (χ3v) is 3.57. The minimum atomic E-state index is 0.313. The number of phenols is 1. The van der Waals surface area contributed by atoms with Crippen LogP contribution in [0.25, 0.3) is 0 Å². The van der Waals surface area contributed by atoms with Crippen molar-refractivity contribution in [1.29, 1.82) is 0 Å². The van der Waals surface area contributed by atoms with E-state index in [1.807, 2.05) is 6.07 Å². The molecule has 0 radical (unpaired) electrons. The molecule has 0 aliphatic carbocycles. The van der Waals surface area contributed by atoms with Gasteiger partial charge in [0.05, 0.1) is 0 Å². The average Bonchev–Trinajstić information content (AvgIpc) is 2.37. The molecule has 1 aromatic rings. The van der Waals surface area contributed by atoms with Gasteiger partial charge in [0.15, 0.2) is 0 Å². The average molecular weight is 270 g/mol. The molecular weight excluding hydrogens is 246 g/mol. The molecule has 0 fully saturated rings. The first-order valence-corrected chi connectivity index (χ1v) is 7.23. The van der Waals surface area contributed by atoms with Crippen LogP contribution in [0.5, 0.6) is 5.75 Å². The summed E-state index contributed by atoms with van der Waals surface area (Å²) in [5.74, 6) is 1.04. The lowest BCUT2D eigenvalue weighted by atomic mass is 9.99. The van der Waals surface area contributed by atoms with Gasteiger partial charge >= 0.3 is 0 Å². The number of rotatable bonds is 8. The molecule has 0 aliphatic heterocycles. The van der Waals surface area contributed by atoms with E-state index < -0.39 is 0 Å². The van der Waals surface area contributed by atoms with Gasteiger partial charge in [-0.3, -0.25) is 0 Å². The Labute approximate surface area is 115 Å². The van der Waals surface area contributed by atoms with Crippen LogP contribution in [0.1, 0.15) is 45.1 Å². The van der Waals surface area contributed by atoms with Crippen LogP contribution < -0.4 is 5.32 Å². The summed E-state index contributed by atoms with van der Waals surface area (Å²) in [7, 11) is 0. The molecule has 0 amide bonds. The number of nitrogens with one attached hydrogen (secondary N) is 1. The predicted octanol–water partition coefficient (Wildman–Crippen LogP) is 4.35. The normalized spacial score (nSPS) is 12.6. The summed E-state index contributed by atoms with van der Waals surface area (Å²) in [6.45, 7) is 6.14. The fraction of sp³-hybridized carbons (Fsp3) is 0.600. The maximum atomic E-state index is 9.70. The molecule has 2 nitrogen and oxygen atoms in total. The molecule has 1 rings (SSSR count). The molecule has 0 heterocycles. The summed E-state index contributed by atoms with van der Waals surface area (Å²) in [4.78, 5) is 0. The molecule has 1 aromatic carbocycles. The van der Waals surface area contributed by atoms with Crippen LogP contribution in [0.2, 0.25) is 5.02 Å². The molecule has 0 bridgehead atoms. The van der Waals surface area contributed by atoms with E-state index >= 15 is 0 Å².